The molecule has 0 radical (unpaired) electrons. The van der Waals surface area contributed by atoms with Crippen LogP contribution in [0.5, 0.6) is 0 Å². The van der Waals surface area contributed by atoms with Gasteiger partial charge in [0.25, 0.3) is 0 Å². The molecular weight excluding hydrogens is 326 g/mol. The van der Waals surface area contributed by atoms with E-state index in [1.165, 1.54) is 0 Å². The van der Waals surface area contributed by atoms with Gasteiger partial charge in [-0.1, -0.05) is 26.0 Å². The third kappa shape index (κ3) is 3.63. The van der Waals surface area contributed by atoms with Crippen LogP contribution in [0.1, 0.15) is 65.3 Å². The normalized spacial score (nSPS) is 19.6. The molecular formula is C21H31N3O2. The molecule has 3 unspecified atom stereocenters. The molecule has 1 saturated heterocycles. The lowest BCUT2D eigenvalue weighted by Crippen LogP contribution is -2.46. The van der Waals surface area contributed by atoms with Crippen molar-refractivity contribution in [3.63, 3.8) is 0 Å². The minimum Gasteiger partial charge on any atom is -0.370 e. The van der Waals surface area contributed by atoms with E-state index in [4.69, 9.17) is 9.72 Å². The number of fused-ring (bicyclic) bond motifs is 1. The molecule has 2 aromatic rings. The Morgan fingerprint density at radius 3 is 2.58 bits per heavy atom. The van der Waals surface area contributed by atoms with Crippen LogP contribution in [-0.2, 0) is 16.1 Å². The van der Waals surface area contributed by atoms with Crippen molar-refractivity contribution >= 4 is 16.9 Å². The van der Waals surface area contributed by atoms with Crippen molar-refractivity contribution in [3.8, 4) is 0 Å². The van der Waals surface area contributed by atoms with E-state index < -0.39 is 0 Å². The third-order valence-electron chi connectivity index (χ3n) is 5.61. The van der Waals surface area contributed by atoms with Gasteiger partial charge in [0.15, 0.2) is 0 Å². The number of nitrogens with zero attached hydrogens (tertiary/aromatic N) is 3. The first kappa shape index (κ1) is 18.9. The van der Waals surface area contributed by atoms with Gasteiger partial charge in [-0.05, 0) is 51.7 Å². The van der Waals surface area contributed by atoms with Crippen molar-refractivity contribution in [2.75, 3.05) is 6.61 Å². The number of hydrogen-bond donors (Lipinski definition) is 0. The fourth-order valence-electron chi connectivity index (χ4n) is 3.82. The number of carbonyl (C=O) groups is 1. The Balaban J connectivity index is 1.95. The molecule has 0 N–H and O–H groups in total. The van der Waals surface area contributed by atoms with Gasteiger partial charge in [0, 0.05) is 18.7 Å². The van der Waals surface area contributed by atoms with Gasteiger partial charge in [0.05, 0.1) is 11.0 Å². The van der Waals surface area contributed by atoms with Crippen molar-refractivity contribution in [2.45, 2.75) is 78.1 Å². The van der Waals surface area contributed by atoms with Crippen molar-refractivity contribution in [1.29, 1.82) is 0 Å². The molecule has 1 fully saturated rings. The molecule has 1 aliphatic heterocycles. The van der Waals surface area contributed by atoms with Gasteiger partial charge in [-0.3, -0.25) is 4.79 Å². The van der Waals surface area contributed by atoms with E-state index >= 15 is 0 Å². The summed E-state index contributed by atoms with van der Waals surface area (Å²) in [5.41, 5.74) is 1.95. The summed E-state index contributed by atoms with van der Waals surface area (Å²) in [5.74, 6) is 1.06. The van der Waals surface area contributed by atoms with Gasteiger partial charge in [-0.25, -0.2) is 4.98 Å². The topological polar surface area (TPSA) is 47.4 Å². The van der Waals surface area contributed by atoms with E-state index in [9.17, 15) is 4.79 Å². The molecule has 0 saturated carbocycles. The predicted molar refractivity (Wildman–Crippen MR) is 104 cm³/mol. The van der Waals surface area contributed by atoms with Crippen LogP contribution in [-0.4, -0.2) is 39.0 Å². The highest BCUT2D eigenvalue weighted by Gasteiger charge is 2.28. The predicted octanol–water partition coefficient (Wildman–Crippen LogP) is 4.31. The van der Waals surface area contributed by atoms with E-state index in [-0.39, 0.29) is 24.1 Å². The number of amides is 1. The van der Waals surface area contributed by atoms with Crippen LogP contribution in [0, 0.1) is 0 Å². The molecule has 5 heteroatoms. The zero-order chi connectivity index (χ0) is 18.7. The van der Waals surface area contributed by atoms with Crippen molar-refractivity contribution in [1.82, 2.24) is 14.5 Å². The van der Waals surface area contributed by atoms with Gasteiger partial charge in [-0.2, -0.15) is 0 Å². The molecule has 1 aromatic heterocycles. The number of aromatic nitrogens is 2. The number of para-hydroxylation sites is 2. The van der Waals surface area contributed by atoms with Crippen LogP contribution < -0.4 is 0 Å². The Labute approximate surface area is 156 Å². The monoisotopic (exact) mass is 357 g/mol. The number of hydrogen-bond acceptors (Lipinski definition) is 3. The van der Waals surface area contributed by atoms with Gasteiger partial charge in [-0.15, -0.1) is 0 Å². The number of rotatable bonds is 7. The summed E-state index contributed by atoms with van der Waals surface area (Å²) in [6.07, 6.45) is 3.93. The van der Waals surface area contributed by atoms with E-state index in [0.717, 1.165) is 49.1 Å². The minimum atomic E-state index is -0.00385. The van der Waals surface area contributed by atoms with E-state index in [2.05, 4.69) is 32.3 Å². The summed E-state index contributed by atoms with van der Waals surface area (Å²) in [5, 5.41) is 0. The van der Waals surface area contributed by atoms with Crippen LogP contribution >= 0.6 is 0 Å². The van der Waals surface area contributed by atoms with Gasteiger partial charge >= 0.3 is 0 Å². The van der Waals surface area contributed by atoms with Crippen LogP contribution in [0.15, 0.2) is 24.3 Å². The molecule has 26 heavy (non-hydrogen) atoms. The van der Waals surface area contributed by atoms with Crippen LogP contribution in [0.25, 0.3) is 11.0 Å². The highest BCUT2D eigenvalue weighted by atomic mass is 16.5. The lowest BCUT2D eigenvalue weighted by molar-refractivity contribution is -0.136. The van der Waals surface area contributed by atoms with Crippen LogP contribution in [0.3, 0.4) is 0 Å². The van der Waals surface area contributed by atoms with Gasteiger partial charge < -0.3 is 14.2 Å². The fraction of sp³-hybridized carbons (Fsp3) is 0.619. The highest BCUT2D eigenvalue weighted by molar-refractivity contribution is 5.81. The molecule has 1 amide bonds. The maximum absolute atomic E-state index is 13.3. The molecule has 1 aromatic carbocycles. The summed E-state index contributed by atoms with van der Waals surface area (Å²) in [6, 6.07) is 8.52. The fourth-order valence-corrected chi connectivity index (χ4v) is 3.82. The summed E-state index contributed by atoms with van der Waals surface area (Å²) >= 11 is 0. The van der Waals surface area contributed by atoms with Crippen LogP contribution in [0.2, 0.25) is 0 Å². The third-order valence-corrected chi connectivity index (χ3v) is 5.61. The lowest BCUT2D eigenvalue weighted by atomic mass is 10.1. The standard InChI is InChI=1S/C21H31N3O2/c1-5-15(3)24(16(4)6-2)20(25)14-23-18-11-8-7-10-17(18)22-21(23)19-12-9-13-26-19/h7-8,10-11,15-16,19H,5-6,9,12-14H2,1-4H3. The first-order chi connectivity index (χ1) is 12.6. The van der Waals surface area contributed by atoms with Gasteiger partial charge in [0.2, 0.25) is 5.91 Å². The Kier molecular flexibility index (Phi) is 5.97. The molecule has 3 rings (SSSR count). The maximum atomic E-state index is 13.3. The Morgan fingerprint density at radius 2 is 1.96 bits per heavy atom. The average Bonchev–Trinajstić information content (AvgIpc) is 3.29. The Bertz CT molecular complexity index is 739. The van der Waals surface area contributed by atoms with Gasteiger partial charge in [0.1, 0.15) is 18.5 Å². The molecule has 0 bridgehead atoms. The summed E-state index contributed by atoms with van der Waals surface area (Å²) in [4.78, 5) is 20.1. The van der Waals surface area contributed by atoms with Crippen molar-refractivity contribution < 1.29 is 9.53 Å². The second-order valence-corrected chi connectivity index (χ2v) is 7.36. The Morgan fingerprint density at radius 1 is 1.27 bits per heavy atom. The van der Waals surface area contributed by atoms with Crippen molar-refractivity contribution in [2.24, 2.45) is 0 Å². The molecule has 2 heterocycles. The zero-order valence-electron chi connectivity index (χ0n) is 16.4. The SMILES string of the molecule is CCC(C)N(C(=O)Cn1c(C2CCCO2)nc2ccccc21)C(C)CC. The summed E-state index contributed by atoms with van der Waals surface area (Å²) in [6.45, 7) is 9.64. The minimum absolute atomic E-state index is 0.00385. The van der Waals surface area contributed by atoms with Crippen LogP contribution in [0.4, 0.5) is 0 Å². The number of ether oxygens (including phenoxy) is 1. The molecule has 3 atom stereocenters. The number of imidazole rings is 1. The Hall–Kier alpha value is -1.88. The summed E-state index contributed by atoms with van der Waals surface area (Å²) < 4.78 is 7.96. The van der Waals surface area contributed by atoms with E-state index in [1.54, 1.807) is 0 Å². The number of benzene rings is 1. The average molecular weight is 357 g/mol. The smallest absolute Gasteiger partial charge is 0.243 e. The molecule has 1 aliphatic rings. The molecule has 0 aliphatic carbocycles. The largest absolute Gasteiger partial charge is 0.370 e. The molecule has 0 spiro atoms. The summed E-state index contributed by atoms with van der Waals surface area (Å²) in [7, 11) is 0. The van der Waals surface area contributed by atoms with Crippen molar-refractivity contribution in [3.05, 3.63) is 30.1 Å². The highest BCUT2D eigenvalue weighted by Crippen LogP contribution is 2.30. The maximum Gasteiger partial charge on any atom is 0.243 e. The zero-order valence-corrected chi connectivity index (χ0v) is 16.4. The molecule has 5 nitrogen and oxygen atoms in total. The molecule has 142 valence electrons. The quantitative estimate of drug-likeness (QED) is 0.742. The lowest BCUT2D eigenvalue weighted by Gasteiger charge is -2.34. The first-order valence-electron chi connectivity index (χ1n) is 9.94. The van der Waals surface area contributed by atoms with E-state index in [1.807, 2.05) is 29.2 Å². The second-order valence-electron chi connectivity index (χ2n) is 7.36. The van der Waals surface area contributed by atoms with E-state index in [0.29, 0.717) is 6.54 Å². The first-order valence-corrected chi connectivity index (χ1v) is 9.94. The number of carbonyl (C=O) groups excluding carboxylic acids is 1. The second kappa shape index (κ2) is 8.21.